The zero-order chi connectivity index (χ0) is 18.4. The highest BCUT2D eigenvalue weighted by Gasteiger charge is 2.18. The number of amides is 2. The van der Waals surface area contributed by atoms with Crippen LogP contribution in [0, 0.1) is 10.1 Å². The molecule has 2 amide bonds. The maximum absolute atomic E-state index is 11.8. The van der Waals surface area contributed by atoms with Gasteiger partial charge in [0.15, 0.2) is 6.61 Å². The summed E-state index contributed by atoms with van der Waals surface area (Å²) in [7, 11) is 0. The van der Waals surface area contributed by atoms with E-state index in [1.165, 1.54) is 24.3 Å². The first-order chi connectivity index (χ1) is 11.9. The summed E-state index contributed by atoms with van der Waals surface area (Å²) >= 11 is 1.10. The van der Waals surface area contributed by atoms with E-state index in [2.05, 4.69) is 5.32 Å². The zero-order valence-electron chi connectivity index (χ0n) is 12.8. The molecular formula is C15H13N3O6S. The highest BCUT2D eigenvalue weighted by atomic mass is 32.1. The van der Waals surface area contributed by atoms with Crippen LogP contribution in [0.2, 0.25) is 0 Å². The molecule has 0 aliphatic heterocycles. The second-order valence-electron chi connectivity index (χ2n) is 4.80. The lowest BCUT2D eigenvalue weighted by atomic mass is 10.1. The van der Waals surface area contributed by atoms with Gasteiger partial charge < -0.3 is 15.8 Å². The van der Waals surface area contributed by atoms with Crippen molar-refractivity contribution < 1.29 is 24.0 Å². The summed E-state index contributed by atoms with van der Waals surface area (Å²) in [5.41, 5.74) is 5.30. The summed E-state index contributed by atoms with van der Waals surface area (Å²) in [5, 5.41) is 15.1. The first kappa shape index (κ1) is 18.1. The molecule has 0 atom stereocenters. The van der Waals surface area contributed by atoms with Gasteiger partial charge in [0.25, 0.3) is 17.5 Å². The van der Waals surface area contributed by atoms with Crippen LogP contribution in [0.5, 0.6) is 0 Å². The van der Waals surface area contributed by atoms with Gasteiger partial charge in [0.1, 0.15) is 5.00 Å². The van der Waals surface area contributed by atoms with Crippen molar-refractivity contribution in [3.05, 3.63) is 57.0 Å². The topological polar surface area (TPSA) is 142 Å². The number of anilines is 1. The molecule has 0 aliphatic rings. The number of nitrogens with zero attached hydrogens (tertiary/aromatic N) is 1. The Morgan fingerprint density at radius 1 is 1.24 bits per heavy atom. The maximum atomic E-state index is 11.8. The fourth-order valence-electron chi connectivity index (χ4n) is 1.95. The minimum Gasteiger partial charge on any atom is -0.455 e. The van der Waals surface area contributed by atoms with Gasteiger partial charge in [-0.25, -0.2) is 0 Å². The van der Waals surface area contributed by atoms with Crippen molar-refractivity contribution in [3.8, 4) is 0 Å². The first-order valence-corrected chi connectivity index (χ1v) is 7.81. The third-order valence-corrected chi connectivity index (χ3v) is 3.90. The summed E-state index contributed by atoms with van der Waals surface area (Å²) in [5.74, 6) is -2.13. The average Bonchev–Trinajstić information content (AvgIpc) is 3.01. The molecule has 130 valence electrons. The fourth-order valence-corrected chi connectivity index (χ4v) is 2.76. The number of hydrogen-bond acceptors (Lipinski definition) is 7. The SMILES string of the molecule is NC(=O)c1ccsc1NC(=O)COC(=O)Cc1ccccc1[N+](=O)[O-]. The molecule has 0 unspecified atom stereocenters. The molecule has 0 bridgehead atoms. The van der Waals surface area contributed by atoms with Gasteiger partial charge in [-0.2, -0.15) is 0 Å². The molecule has 2 aromatic rings. The van der Waals surface area contributed by atoms with Gasteiger partial charge in [-0.3, -0.25) is 24.5 Å². The van der Waals surface area contributed by atoms with Gasteiger partial charge >= 0.3 is 5.97 Å². The Labute approximate surface area is 145 Å². The Kier molecular flexibility index (Phi) is 5.79. The summed E-state index contributed by atoms with van der Waals surface area (Å²) in [6, 6.07) is 7.22. The quantitative estimate of drug-likeness (QED) is 0.433. The van der Waals surface area contributed by atoms with Crippen molar-refractivity contribution in [3.63, 3.8) is 0 Å². The second kappa shape index (κ2) is 8.02. The van der Waals surface area contributed by atoms with Crippen LogP contribution in [0.4, 0.5) is 10.7 Å². The number of hydrogen-bond donors (Lipinski definition) is 2. The molecule has 2 rings (SSSR count). The van der Waals surface area contributed by atoms with Crippen molar-refractivity contribution in [2.75, 3.05) is 11.9 Å². The highest BCUT2D eigenvalue weighted by molar-refractivity contribution is 7.14. The lowest BCUT2D eigenvalue weighted by Gasteiger charge is -2.06. The van der Waals surface area contributed by atoms with E-state index in [9.17, 15) is 24.5 Å². The molecule has 1 aromatic carbocycles. The number of nitro benzene ring substituents is 1. The molecule has 1 aromatic heterocycles. The fraction of sp³-hybridized carbons (Fsp3) is 0.133. The number of benzene rings is 1. The molecule has 25 heavy (non-hydrogen) atoms. The number of carbonyl (C=O) groups excluding carboxylic acids is 3. The molecule has 0 radical (unpaired) electrons. The molecule has 0 spiro atoms. The van der Waals surface area contributed by atoms with Gasteiger partial charge in [-0.1, -0.05) is 18.2 Å². The molecule has 0 aliphatic carbocycles. The van der Waals surface area contributed by atoms with Crippen molar-refractivity contribution in [2.45, 2.75) is 6.42 Å². The van der Waals surface area contributed by atoms with E-state index < -0.39 is 29.3 Å². The molecule has 9 nitrogen and oxygen atoms in total. The van der Waals surface area contributed by atoms with Crippen LogP contribution in [0.15, 0.2) is 35.7 Å². The number of nitrogens with one attached hydrogen (secondary N) is 1. The number of primary amides is 1. The van der Waals surface area contributed by atoms with E-state index in [1.807, 2.05) is 0 Å². The van der Waals surface area contributed by atoms with E-state index in [1.54, 1.807) is 11.4 Å². The standard InChI is InChI=1S/C15H13N3O6S/c16-14(21)10-5-6-25-15(10)17-12(19)8-24-13(20)7-9-3-1-2-4-11(9)18(22)23/h1-6H,7-8H2,(H2,16,21)(H,17,19). The normalized spacial score (nSPS) is 10.1. The lowest BCUT2D eigenvalue weighted by Crippen LogP contribution is -2.23. The van der Waals surface area contributed by atoms with Gasteiger partial charge in [-0.15, -0.1) is 11.3 Å². The van der Waals surface area contributed by atoms with E-state index in [0.29, 0.717) is 0 Å². The Bertz CT molecular complexity index is 832. The average molecular weight is 363 g/mol. The smallest absolute Gasteiger partial charge is 0.311 e. The molecule has 0 saturated carbocycles. The Morgan fingerprint density at radius 3 is 2.64 bits per heavy atom. The maximum Gasteiger partial charge on any atom is 0.311 e. The third kappa shape index (κ3) is 4.85. The molecule has 10 heteroatoms. The molecule has 0 saturated heterocycles. The van der Waals surface area contributed by atoms with Crippen LogP contribution in [0.3, 0.4) is 0 Å². The predicted octanol–water partition coefficient (Wildman–Crippen LogP) is 1.48. The minimum atomic E-state index is -0.786. The van der Waals surface area contributed by atoms with Gasteiger partial charge in [0, 0.05) is 11.6 Å². The summed E-state index contributed by atoms with van der Waals surface area (Å²) < 4.78 is 4.81. The first-order valence-electron chi connectivity index (χ1n) is 6.93. The Morgan fingerprint density at radius 2 is 1.96 bits per heavy atom. The zero-order valence-corrected chi connectivity index (χ0v) is 13.6. The van der Waals surface area contributed by atoms with Gasteiger partial charge in [0.05, 0.1) is 16.9 Å². The van der Waals surface area contributed by atoms with Gasteiger partial charge in [0.2, 0.25) is 0 Å². The molecule has 0 fully saturated rings. The molecular weight excluding hydrogens is 350 g/mol. The molecule has 3 N–H and O–H groups in total. The monoisotopic (exact) mass is 363 g/mol. The van der Waals surface area contributed by atoms with Crippen molar-refractivity contribution in [1.29, 1.82) is 0 Å². The predicted molar refractivity (Wildman–Crippen MR) is 89.2 cm³/mol. The van der Waals surface area contributed by atoms with Crippen LogP contribution in [-0.2, 0) is 20.7 Å². The van der Waals surface area contributed by atoms with Crippen LogP contribution in [0.1, 0.15) is 15.9 Å². The van der Waals surface area contributed by atoms with Crippen LogP contribution < -0.4 is 11.1 Å². The van der Waals surface area contributed by atoms with E-state index in [4.69, 9.17) is 10.5 Å². The number of ether oxygens (including phenoxy) is 1. The number of thiophene rings is 1. The number of nitro groups is 1. The van der Waals surface area contributed by atoms with Crippen LogP contribution >= 0.6 is 11.3 Å². The number of para-hydroxylation sites is 1. The second-order valence-corrected chi connectivity index (χ2v) is 5.72. The number of rotatable bonds is 7. The Hall–Kier alpha value is -3.27. The summed E-state index contributed by atoms with van der Waals surface area (Å²) in [4.78, 5) is 45.0. The van der Waals surface area contributed by atoms with Crippen LogP contribution in [0.25, 0.3) is 0 Å². The summed E-state index contributed by atoms with van der Waals surface area (Å²) in [6.07, 6.45) is -0.337. The molecule has 1 heterocycles. The highest BCUT2D eigenvalue weighted by Crippen LogP contribution is 2.22. The lowest BCUT2D eigenvalue weighted by molar-refractivity contribution is -0.385. The number of nitrogens with two attached hydrogens (primary N) is 1. The Balaban J connectivity index is 1.90. The largest absolute Gasteiger partial charge is 0.455 e. The van der Waals surface area contributed by atoms with Crippen molar-refractivity contribution in [1.82, 2.24) is 0 Å². The third-order valence-electron chi connectivity index (χ3n) is 3.07. The minimum absolute atomic E-state index is 0.157. The van der Waals surface area contributed by atoms with Crippen LogP contribution in [-0.4, -0.2) is 29.3 Å². The number of carbonyl (C=O) groups is 3. The van der Waals surface area contributed by atoms with E-state index in [0.717, 1.165) is 11.3 Å². The van der Waals surface area contributed by atoms with E-state index >= 15 is 0 Å². The van der Waals surface area contributed by atoms with Crippen molar-refractivity contribution >= 4 is 39.8 Å². The van der Waals surface area contributed by atoms with Crippen molar-refractivity contribution in [2.24, 2.45) is 5.73 Å². The van der Waals surface area contributed by atoms with Gasteiger partial charge in [-0.05, 0) is 11.4 Å². The van der Waals surface area contributed by atoms with E-state index in [-0.39, 0.29) is 28.2 Å². The summed E-state index contributed by atoms with van der Waals surface area (Å²) in [6.45, 7) is -0.588. The number of esters is 1.